The van der Waals surface area contributed by atoms with Crippen molar-refractivity contribution in [2.24, 2.45) is 0 Å². The van der Waals surface area contributed by atoms with E-state index in [0.717, 1.165) is 50.2 Å². The van der Waals surface area contributed by atoms with Gasteiger partial charge in [0.1, 0.15) is 17.3 Å². The number of nitrogens with one attached hydrogen (secondary N) is 1. The average Bonchev–Trinajstić information content (AvgIpc) is 3.12. The normalized spacial score (nSPS) is 13.8. The minimum absolute atomic E-state index is 0.00157. The molecule has 1 aliphatic rings. The summed E-state index contributed by atoms with van der Waals surface area (Å²) in [7, 11) is 0. The highest BCUT2D eigenvalue weighted by Gasteiger charge is 2.24. The highest BCUT2D eigenvalue weighted by molar-refractivity contribution is 6.05. The standard InChI is InChI=1S/C17H15F2N3O3/c18-12-4-5-13(19)14(10-12)20-17(23)11-3-6-15(16(9-11)22(24)25)21-7-1-2-8-21/h3-6,9-10H,1-2,7-8H2,(H,20,23). The number of carbonyl (C=O) groups is 1. The van der Waals surface area contributed by atoms with Crippen molar-refractivity contribution in [3.05, 3.63) is 63.7 Å². The lowest BCUT2D eigenvalue weighted by Gasteiger charge is -2.17. The van der Waals surface area contributed by atoms with E-state index in [0.29, 0.717) is 5.69 Å². The van der Waals surface area contributed by atoms with Gasteiger partial charge in [-0.2, -0.15) is 0 Å². The molecule has 0 atom stereocenters. The van der Waals surface area contributed by atoms with Crippen molar-refractivity contribution in [2.75, 3.05) is 23.3 Å². The second-order valence-corrected chi connectivity index (χ2v) is 5.73. The first kappa shape index (κ1) is 16.8. The zero-order chi connectivity index (χ0) is 18.0. The van der Waals surface area contributed by atoms with Gasteiger partial charge >= 0.3 is 0 Å². The quantitative estimate of drug-likeness (QED) is 0.675. The smallest absolute Gasteiger partial charge is 0.293 e. The van der Waals surface area contributed by atoms with Gasteiger partial charge < -0.3 is 10.2 Å². The van der Waals surface area contributed by atoms with Crippen molar-refractivity contribution in [3.8, 4) is 0 Å². The number of nitro groups is 1. The summed E-state index contributed by atoms with van der Waals surface area (Å²) in [5.74, 6) is -2.24. The van der Waals surface area contributed by atoms with Gasteiger partial charge in [-0.1, -0.05) is 0 Å². The molecule has 1 N–H and O–H groups in total. The molecule has 0 unspecified atom stereocenters. The van der Waals surface area contributed by atoms with E-state index in [-0.39, 0.29) is 16.9 Å². The fourth-order valence-corrected chi connectivity index (χ4v) is 2.82. The number of hydrogen-bond acceptors (Lipinski definition) is 4. The van der Waals surface area contributed by atoms with Crippen molar-refractivity contribution >= 4 is 23.0 Å². The highest BCUT2D eigenvalue weighted by atomic mass is 19.1. The van der Waals surface area contributed by atoms with Crippen LogP contribution in [0.4, 0.5) is 25.8 Å². The summed E-state index contributed by atoms with van der Waals surface area (Å²) in [4.78, 5) is 24.9. The van der Waals surface area contributed by atoms with Crippen molar-refractivity contribution in [1.82, 2.24) is 0 Å². The summed E-state index contributed by atoms with van der Waals surface area (Å²) in [6, 6.07) is 6.78. The molecule has 1 saturated heterocycles. The Morgan fingerprint density at radius 3 is 2.52 bits per heavy atom. The Bertz CT molecular complexity index is 836. The first-order valence-electron chi connectivity index (χ1n) is 7.75. The number of hydrogen-bond donors (Lipinski definition) is 1. The van der Waals surface area contributed by atoms with Gasteiger partial charge in [-0.3, -0.25) is 14.9 Å². The molecule has 3 rings (SSSR count). The lowest BCUT2D eigenvalue weighted by atomic mass is 10.1. The van der Waals surface area contributed by atoms with Crippen LogP contribution in [0.5, 0.6) is 0 Å². The first-order valence-corrected chi connectivity index (χ1v) is 7.75. The lowest BCUT2D eigenvalue weighted by Crippen LogP contribution is -2.20. The van der Waals surface area contributed by atoms with Crippen LogP contribution in [-0.4, -0.2) is 23.9 Å². The maximum Gasteiger partial charge on any atom is 0.293 e. The Balaban J connectivity index is 1.89. The lowest BCUT2D eigenvalue weighted by molar-refractivity contribution is -0.384. The molecular formula is C17H15F2N3O3. The molecule has 6 nitrogen and oxygen atoms in total. The van der Waals surface area contributed by atoms with E-state index < -0.39 is 22.5 Å². The van der Waals surface area contributed by atoms with Gasteiger partial charge in [-0.25, -0.2) is 8.78 Å². The summed E-state index contributed by atoms with van der Waals surface area (Å²) in [6.07, 6.45) is 1.91. The molecule has 25 heavy (non-hydrogen) atoms. The van der Waals surface area contributed by atoms with Gasteiger partial charge in [0.25, 0.3) is 11.6 Å². The molecule has 2 aromatic carbocycles. The monoisotopic (exact) mass is 347 g/mol. The summed E-state index contributed by atoms with van der Waals surface area (Å²) >= 11 is 0. The number of rotatable bonds is 4. The number of amides is 1. The van der Waals surface area contributed by atoms with Crippen LogP contribution in [0.1, 0.15) is 23.2 Å². The minimum Gasteiger partial charge on any atom is -0.366 e. The number of benzene rings is 2. The Morgan fingerprint density at radius 2 is 1.84 bits per heavy atom. The van der Waals surface area contributed by atoms with E-state index in [2.05, 4.69) is 5.32 Å². The first-order chi connectivity index (χ1) is 12.0. The highest BCUT2D eigenvalue weighted by Crippen LogP contribution is 2.32. The van der Waals surface area contributed by atoms with Crippen molar-refractivity contribution in [1.29, 1.82) is 0 Å². The van der Waals surface area contributed by atoms with Crippen LogP contribution < -0.4 is 10.2 Å². The summed E-state index contributed by atoms with van der Waals surface area (Å²) in [5.41, 5.74) is -0.0557. The van der Waals surface area contributed by atoms with E-state index in [9.17, 15) is 23.7 Å². The van der Waals surface area contributed by atoms with E-state index in [1.165, 1.54) is 12.1 Å². The zero-order valence-corrected chi connectivity index (χ0v) is 13.2. The molecule has 2 aromatic rings. The van der Waals surface area contributed by atoms with Gasteiger partial charge in [-0.15, -0.1) is 0 Å². The van der Waals surface area contributed by atoms with Gasteiger partial charge in [0, 0.05) is 30.8 Å². The number of halogens is 2. The Morgan fingerprint density at radius 1 is 1.12 bits per heavy atom. The molecular weight excluding hydrogens is 332 g/mol. The fraction of sp³-hybridized carbons (Fsp3) is 0.235. The van der Waals surface area contributed by atoms with Crippen molar-refractivity contribution in [3.63, 3.8) is 0 Å². The fourth-order valence-electron chi connectivity index (χ4n) is 2.82. The summed E-state index contributed by atoms with van der Waals surface area (Å²) in [5, 5.41) is 13.6. The van der Waals surface area contributed by atoms with E-state index in [1.807, 2.05) is 4.90 Å². The van der Waals surface area contributed by atoms with E-state index in [1.54, 1.807) is 0 Å². The van der Waals surface area contributed by atoms with Crippen LogP contribution in [0.2, 0.25) is 0 Å². The van der Waals surface area contributed by atoms with Crippen LogP contribution >= 0.6 is 0 Å². The minimum atomic E-state index is -0.794. The molecule has 1 amide bonds. The third-order valence-corrected chi connectivity index (χ3v) is 4.06. The summed E-state index contributed by atoms with van der Waals surface area (Å²) in [6.45, 7) is 1.45. The van der Waals surface area contributed by atoms with Crippen LogP contribution in [0.25, 0.3) is 0 Å². The Labute approximate surface area is 142 Å². The molecule has 0 bridgehead atoms. The Hall–Kier alpha value is -3.03. The third-order valence-electron chi connectivity index (χ3n) is 4.06. The average molecular weight is 347 g/mol. The number of carbonyl (C=O) groups excluding carboxylic acids is 1. The molecule has 0 saturated carbocycles. The van der Waals surface area contributed by atoms with Gasteiger partial charge in [0.2, 0.25) is 0 Å². The molecule has 0 aliphatic carbocycles. The van der Waals surface area contributed by atoms with Gasteiger partial charge in [-0.05, 0) is 37.1 Å². The van der Waals surface area contributed by atoms with Gasteiger partial charge in [0.05, 0.1) is 10.6 Å². The topological polar surface area (TPSA) is 75.5 Å². The van der Waals surface area contributed by atoms with Crippen molar-refractivity contribution < 1.29 is 18.5 Å². The Kier molecular flexibility index (Phi) is 4.60. The van der Waals surface area contributed by atoms with Gasteiger partial charge in [0.15, 0.2) is 0 Å². The number of nitrogens with zero attached hydrogens (tertiary/aromatic N) is 2. The third kappa shape index (κ3) is 3.57. The van der Waals surface area contributed by atoms with Crippen LogP contribution in [-0.2, 0) is 0 Å². The SMILES string of the molecule is O=C(Nc1cc(F)ccc1F)c1ccc(N2CCCC2)c([N+](=O)[O-])c1. The predicted molar refractivity (Wildman–Crippen MR) is 88.9 cm³/mol. The molecule has 130 valence electrons. The maximum atomic E-state index is 13.6. The molecule has 8 heteroatoms. The molecule has 1 fully saturated rings. The van der Waals surface area contributed by atoms with Crippen LogP contribution in [0.3, 0.4) is 0 Å². The predicted octanol–water partition coefficient (Wildman–Crippen LogP) is 3.73. The number of nitro benzene ring substituents is 1. The van der Waals surface area contributed by atoms with E-state index >= 15 is 0 Å². The maximum absolute atomic E-state index is 13.6. The molecule has 1 aliphatic heterocycles. The van der Waals surface area contributed by atoms with Crippen LogP contribution in [0, 0.1) is 21.7 Å². The molecule has 1 heterocycles. The van der Waals surface area contributed by atoms with E-state index in [4.69, 9.17) is 0 Å². The number of anilines is 2. The van der Waals surface area contributed by atoms with Crippen LogP contribution in [0.15, 0.2) is 36.4 Å². The molecule has 0 spiro atoms. The largest absolute Gasteiger partial charge is 0.366 e. The second kappa shape index (κ2) is 6.84. The van der Waals surface area contributed by atoms with Crippen molar-refractivity contribution in [2.45, 2.75) is 12.8 Å². The molecule has 0 radical (unpaired) electrons. The second-order valence-electron chi connectivity index (χ2n) is 5.73. The zero-order valence-electron chi connectivity index (χ0n) is 13.2. The summed E-state index contributed by atoms with van der Waals surface area (Å²) < 4.78 is 26.8. The molecule has 0 aromatic heterocycles.